The SMILES string of the molecule is O=S(=O)(Nc1cccc(Cl)n1)c1ccc(F)cc1F. The summed E-state index contributed by atoms with van der Waals surface area (Å²) in [7, 11) is -4.19. The summed E-state index contributed by atoms with van der Waals surface area (Å²) in [4.78, 5) is 3.04. The molecule has 1 aromatic carbocycles. The molecule has 0 aliphatic rings. The molecule has 0 spiro atoms. The lowest BCUT2D eigenvalue weighted by Crippen LogP contribution is -2.15. The molecule has 8 heteroatoms. The minimum atomic E-state index is -4.19. The van der Waals surface area contributed by atoms with E-state index in [1.807, 2.05) is 4.72 Å². The quantitative estimate of drug-likeness (QED) is 0.887. The van der Waals surface area contributed by atoms with Crippen LogP contribution in [0.2, 0.25) is 5.15 Å². The zero-order valence-electron chi connectivity index (χ0n) is 9.27. The van der Waals surface area contributed by atoms with E-state index in [-0.39, 0.29) is 11.0 Å². The molecule has 1 N–H and O–H groups in total. The summed E-state index contributed by atoms with van der Waals surface area (Å²) < 4.78 is 52.0. The van der Waals surface area contributed by atoms with Gasteiger partial charge in [-0.2, -0.15) is 0 Å². The predicted molar refractivity (Wildman–Crippen MR) is 66.4 cm³/mol. The topological polar surface area (TPSA) is 59.1 Å². The molecule has 100 valence electrons. The second kappa shape index (κ2) is 5.10. The van der Waals surface area contributed by atoms with Crippen molar-refractivity contribution < 1.29 is 17.2 Å². The van der Waals surface area contributed by atoms with Gasteiger partial charge in [0.15, 0.2) is 0 Å². The number of hydrogen-bond donors (Lipinski definition) is 1. The van der Waals surface area contributed by atoms with Crippen LogP contribution < -0.4 is 4.72 Å². The number of sulfonamides is 1. The number of nitrogens with one attached hydrogen (secondary N) is 1. The van der Waals surface area contributed by atoms with Crippen LogP contribution in [0, 0.1) is 11.6 Å². The highest BCUT2D eigenvalue weighted by Gasteiger charge is 2.20. The molecule has 0 atom stereocenters. The van der Waals surface area contributed by atoms with Gasteiger partial charge in [0.1, 0.15) is 27.5 Å². The second-order valence-electron chi connectivity index (χ2n) is 3.53. The Morgan fingerprint density at radius 2 is 1.89 bits per heavy atom. The maximum absolute atomic E-state index is 13.4. The van der Waals surface area contributed by atoms with Crippen LogP contribution in [0.1, 0.15) is 0 Å². The second-order valence-corrected chi connectivity index (χ2v) is 5.56. The zero-order chi connectivity index (χ0) is 14.0. The van der Waals surface area contributed by atoms with Crippen molar-refractivity contribution in [1.82, 2.24) is 4.98 Å². The van der Waals surface area contributed by atoms with Gasteiger partial charge in [0.05, 0.1) is 0 Å². The van der Waals surface area contributed by atoms with Crippen LogP contribution in [-0.2, 0) is 10.0 Å². The summed E-state index contributed by atoms with van der Waals surface area (Å²) >= 11 is 5.60. The molecular formula is C11H7ClF2N2O2S. The Kier molecular flexibility index (Phi) is 3.68. The molecule has 0 radical (unpaired) electrons. The van der Waals surface area contributed by atoms with Gasteiger partial charge in [-0.25, -0.2) is 22.2 Å². The molecule has 0 aliphatic heterocycles. The summed E-state index contributed by atoms with van der Waals surface area (Å²) in [6.07, 6.45) is 0. The Balaban J connectivity index is 2.38. The van der Waals surface area contributed by atoms with E-state index in [1.54, 1.807) is 0 Å². The third-order valence-electron chi connectivity index (χ3n) is 2.14. The predicted octanol–water partition coefficient (Wildman–Crippen LogP) is 2.81. The number of pyridine rings is 1. The average molecular weight is 305 g/mol. The highest BCUT2D eigenvalue weighted by Crippen LogP contribution is 2.19. The lowest BCUT2D eigenvalue weighted by atomic mass is 10.3. The first kappa shape index (κ1) is 13.7. The van der Waals surface area contributed by atoms with Gasteiger partial charge in [0.25, 0.3) is 10.0 Å². The number of benzene rings is 1. The van der Waals surface area contributed by atoms with Crippen LogP contribution >= 0.6 is 11.6 Å². The van der Waals surface area contributed by atoms with Crippen LogP contribution in [0.5, 0.6) is 0 Å². The first-order valence-electron chi connectivity index (χ1n) is 4.99. The highest BCUT2D eigenvalue weighted by molar-refractivity contribution is 7.92. The summed E-state index contributed by atoms with van der Waals surface area (Å²) in [5, 5.41) is 0.0831. The molecule has 2 aromatic rings. The number of rotatable bonds is 3. The van der Waals surface area contributed by atoms with E-state index in [0.29, 0.717) is 6.07 Å². The summed E-state index contributed by atoms with van der Waals surface area (Å²) in [6.45, 7) is 0. The summed E-state index contributed by atoms with van der Waals surface area (Å²) in [5.74, 6) is -2.11. The van der Waals surface area contributed by atoms with Crippen molar-refractivity contribution in [2.75, 3.05) is 4.72 Å². The van der Waals surface area contributed by atoms with Gasteiger partial charge < -0.3 is 0 Å². The molecular weight excluding hydrogens is 298 g/mol. The highest BCUT2D eigenvalue weighted by atomic mass is 35.5. The van der Waals surface area contributed by atoms with E-state index in [9.17, 15) is 17.2 Å². The van der Waals surface area contributed by atoms with Gasteiger partial charge in [-0.1, -0.05) is 17.7 Å². The first-order chi connectivity index (χ1) is 8.88. The lowest BCUT2D eigenvalue weighted by Gasteiger charge is -2.08. The van der Waals surface area contributed by atoms with Crippen molar-refractivity contribution in [3.05, 3.63) is 53.2 Å². The van der Waals surface area contributed by atoms with E-state index in [1.165, 1.54) is 18.2 Å². The minimum absolute atomic E-state index is 0.0591. The fourth-order valence-electron chi connectivity index (χ4n) is 1.35. The third-order valence-corrected chi connectivity index (χ3v) is 3.74. The molecule has 19 heavy (non-hydrogen) atoms. The van der Waals surface area contributed by atoms with Gasteiger partial charge in [-0.15, -0.1) is 0 Å². The Hall–Kier alpha value is -1.73. The molecule has 0 saturated carbocycles. The Morgan fingerprint density at radius 1 is 1.16 bits per heavy atom. The van der Waals surface area contributed by atoms with Gasteiger partial charge >= 0.3 is 0 Å². The Bertz CT molecular complexity index is 722. The third kappa shape index (κ3) is 3.18. The molecule has 0 saturated heterocycles. The average Bonchev–Trinajstić information content (AvgIpc) is 2.27. The molecule has 4 nitrogen and oxygen atoms in total. The molecule has 0 bridgehead atoms. The van der Waals surface area contributed by atoms with Crippen molar-refractivity contribution in [3.63, 3.8) is 0 Å². The van der Waals surface area contributed by atoms with E-state index in [2.05, 4.69) is 4.98 Å². The van der Waals surface area contributed by atoms with Gasteiger partial charge in [-0.3, -0.25) is 4.72 Å². The van der Waals surface area contributed by atoms with Crippen LogP contribution in [0.25, 0.3) is 0 Å². The van der Waals surface area contributed by atoms with Crippen LogP contribution in [0.15, 0.2) is 41.3 Å². The summed E-state index contributed by atoms with van der Waals surface area (Å²) in [6, 6.07) is 6.46. The Labute approximate surface area is 113 Å². The van der Waals surface area contributed by atoms with E-state index >= 15 is 0 Å². The Morgan fingerprint density at radius 3 is 2.53 bits per heavy atom. The molecule has 0 aliphatic carbocycles. The van der Waals surface area contributed by atoms with Crippen LogP contribution in [0.4, 0.5) is 14.6 Å². The van der Waals surface area contributed by atoms with Crippen LogP contribution in [-0.4, -0.2) is 13.4 Å². The van der Waals surface area contributed by atoms with Gasteiger partial charge in [0, 0.05) is 6.07 Å². The number of anilines is 1. The first-order valence-corrected chi connectivity index (χ1v) is 6.85. The lowest BCUT2D eigenvalue weighted by molar-refractivity contribution is 0.551. The maximum Gasteiger partial charge on any atom is 0.265 e. The van der Waals surface area contributed by atoms with Crippen molar-refractivity contribution >= 4 is 27.4 Å². The van der Waals surface area contributed by atoms with E-state index in [0.717, 1.165) is 12.1 Å². The van der Waals surface area contributed by atoms with E-state index < -0.39 is 26.6 Å². The van der Waals surface area contributed by atoms with Crippen molar-refractivity contribution in [2.24, 2.45) is 0 Å². The smallest absolute Gasteiger partial charge is 0.263 e. The number of halogens is 3. The van der Waals surface area contributed by atoms with E-state index in [4.69, 9.17) is 11.6 Å². The fourth-order valence-corrected chi connectivity index (χ4v) is 2.58. The number of nitrogens with zero attached hydrogens (tertiary/aromatic N) is 1. The molecule has 1 aromatic heterocycles. The normalized spacial score (nSPS) is 11.3. The molecule has 2 rings (SSSR count). The summed E-state index contributed by atoms with van der Waals surface area (Å²) in [5.41, 5.74) is 0. The number of aromatic nitrogens is 1. The zero-order valence-corrected chi connectivity index (χ0v) is 10.8. The van der Waals surface area contributed by atoms with Crippen molar-refractivity contribution in [2.45, 2.75) is 4.90 Å². The standard InChI is InChI=1S/C11H7ClF2N2O2S/c12-10-2-1-3-11(15-10)16-19(17,18)9-5-4-7(13)6-8(9)14/h1-6H,(H,15,16). The minimum Gasteiger partial charge on any atom is -0.263 e. The largest absolute Gasteiger partial charge is 0.265 e. The van der Waals surface area contributed by atoms with Crippen LogP contribution in [0.3, 0.4) is 0 Å². The molecule has 0 unspecified atom stereocenters. The fraction of sp³-hybridized carbons (Fsp3) is 0. The van der Waals surface area contributed by atoms with Crippen molar-refractivity contribution in [1.29, 1.82) is 0 Å². The molecule has 0 amide bonds. The van der Waals surface area contributed by atoms with Gasteiger partial charge in [0.2, 0.25) is 0 Å². The number of hydrogen-bond acceptors (Lipinski definition) is 3. The monoisotopic (exact) mass is 304 g/mol. The van der Waals surface area contributed by atoms with Crippen molar-refractivity contribution in [3.8, 4) is 0 Å². The molecule has 1 heterocycles. The maximum atomic E-state index is 13.4. The molecule has 0 fully saturated rings. The van der Waals surface area contributed by atoms with Gasteiger partial charge in [-0.05, 0) is 24.3 Å².